The van der Waals surface area contributed by atoms with Gasteiger partial charge >= 0.3 is 0 Å². The maximum atomic E-state index is 5.90. The van der Waals surface area contributed by atoms with Crippen molar-refractivity contribution in [1.29, 1.82) is 0 Å². The molecular weight excluding hydrogens is 184 g/mol. The molecule has 0 spiro atoms. The summed E-state index contributed by atoms with van der Waals surface area (Å²) in [4.78, 5) is 3.99. The van der Waals surface area contributed by atoms with Crippen molar-refractivity contribution < 1.29 is 0 Å². The highest BCUT2D eigenvalue weighted by Gasteiger charge is 2.04. The molecule has 0 radical (unpaired) electrons. The molecule has 0 atom stereocenters. The van der Waals surface area contributed by atoms with Crippen molar-refractivity contribution in [1.82, 2.24) is 4.98 Å². The van der Waals surface area contributed by atoms with Gasteiger partial charge in [-0.05, 0) is 31.0 Å². The Labute approximate surface area is 89.8 Å². The average Bonchev–Trinajstić information content (AvgIpc) is 2.20. The Morgan fingerprint density at radius 3 is 2.53 bits per heavy atom. The van der Waals surface area contributed by atoms with E-state index in [0.29, 0.717) is 0 Å². The molecule has 1 aromatic heterocycles. The largest absolute Gasteiger partial charge is 0.397 e. The van der Waals surface area contributed by atoms with Crippen LogP contribution in [-0.2, 0) is 0 Å². The van der Waals surface area contributed by atoms with Gasteiger partial charge < -0.3 is 5.73 Å². The third-order valence-corrected chi connectivity index (χ3v) is 2.52. The lowest BCUT2D eigenvalue weighted by atomic mass is 9.99. The molecule has 0 unspecified atom stereocenters. The van der Waals surface area contributed by atoms with E-state index in [2.05, 4.69) is 37.0 Å². The van der Waals surface area contributed by atoms with Crippen molar-refractivity contribution in [2.24, 2.45) is 0 Å². The standard InChI is InChI=1S/C13H14N2/c1-9-3-4-11(10(2)7-9)12-5-6-15-8-13(12)14/h3-8H,14H2,1-2H3. The first-order chi connectivity index (χ1) is 7.18. The van der Waals surface area contributed by atoms with Crippen LogP contribution >= 0.6 is 0 Å². The van der Waals surface area contributed by atoms with E-state index < -0.39 is 0 Å². The second-order valence-corrected chi connectivity index (χ2v) is 3.78. The zero-order valence-electron chi connectivity index (χ0n) is 8.99. The van der Waals surface area contributed by atoms with Gasteiger partial charge in [-0.1, -0.05) is 23.8 Å². The van der Waals surface area contributed by atoms with Crippen molar-refractivity contribution in [2.75, 3.05) is 5.73 Å². The summed E-state index contributed by atoms with van der Waals surface area (Å²) in [7, 11) is 0. The molecule has 2 nitrogen and oxygen atoms in total. The van der Waals surface area contributed by atoms with Crippen LogP contribution in [0.25, 0.3) is 11.1 Å². The fourth-order valence-electron chi connectivity index (χ4n) is 1.77. The Morgan fingerprint density at radius 2 is 1.87 bits per heavy atom. The highest BCUT2D eigenvalue weighted by molar-refractivity contribution is 5.77. The molecule has 0 amide bonds. The number of nitrogens with two attached hydrogens (primary N) is 1. The lowest BCUT2D eigenvalue weighted by molar-refractivity contribution is 1.32. The van der Waals surface area contributed by atoms with Crippen molar-refractivity contribution in [3.63, 3.8) is 0 Å². The highest BCUT2D eigenvalue weighted by Crippen LogP contribution is 2.28. The monoisotopic (exact) mass is 198 g/mol. The van der Waals surface area contributed by atoms with E-state index in [-0.39, 0.29) is 0 Å². The molecule has 0 saturated carbocycles. The zero-order valence-corrected chi connectivity index (χ0v) is 8.99. The minimum absolute atomic E-state index is 0.726. The van der Waals surface area contributed by atoms with Gasteiger partial charge in [0, 0.05) is 11.8 Å². The maximum absolute atomic E-state index is 5.90. The van der Waals surface area contributed by atoms with Gasteiger partial charge in [0.15, 0.2) is 0 Å². The first-order valence-electron chi connectivity index (χ1n) is 4.95. The summed E-state index contributed by atoms with van der Waals surface area (Å²) in [5.41, 5.74) is 11.4. The number of pyridine rings is 1. The van der Waals surface area contributed by atoms with Gasteiger partial charge in [0.05, 0.1) is 11.9 Å². The molecule has 1 aromatic carbocycles. The molecule has 2 rings (SSSR count). The summed E-state index contributed by atoms with van der Waals surface area (Å²) in [6, 6.07) is 8.32. The van der Waals surface area contributed by atoms with Crippen LogP contribution in [0.2, 0.25) is 0 Å². The van der Waals surface area contributed by atoms with Crippen LogP contribution in [-0.4, -0.2) is 4.98 Å². The van der Waals surface area contributed by atoms with E-state index in [1.807, 2.05) is 6.07 Å². The van der Waals surface area contributed by atoms with Crippen LogP contribution in [0.3, 0.4) is 0 Å². The Bertz CT molecular complexity index is 490. The molecule has 0 aliphatic rings. The predicted octanol–water partition coefficient (Wildman–Crippen LogP) is 2.95. The minimum Gasteiger partial charge on any atom is -0.397 e. The predicted molar refractivity (Wildman–Crippen MR) is 63.6 cm³/mol. The van der Waals surface area contributed by atoms with Crippen LogP contribution in [0, 0.1) is 13.8 Å². The molecule has 2 aromatic rings. The van der Waals surface area contributed by atoms with Crippen molar-refractivity contribution in [3.05, 3.63) is 47.8 Å². The summed E-state index contributed by atoms with van der Waals surface area (Å²) in [6.07, 6.45) is 3.46. The molecule has 2 N–H and O–H groups in total. The average molecular weight is 198 g/mol. The van der Waals surface area contributed by atoms with Crippen LogP contribution in [0.5, 0.6) is 0 Å². The number of aryl methyl sites for hydroxylation is 2. The van der Waals surface area contributed by atoms with E-state index in [0.717, 1.165) is 11.3 Å². The minimum atomic E-state index is 0.726. The number of benzene rings is 1. The van der Waals surface area contributed by atoms with Gasteiger partial charge in [-0.25, -0.2) is 0 Å². The smallest absolute Gasteiger partial charge is 0.0580 e. The molecular formula is C13H14N2. The second-order valence-electron chi connectivity index (χ2n) is 3.78. The van der Waals surface area contributed by atoms with Gasteiger partial charge in [0.2, 0.25) is 0 Å². The lowest BCUT2D eigenvalue weighted by Crippen LogP contribution is -1.92. The van der Waals surface area contributed by atoms with Crippen molar-refractivity contribution in [2.45, 2.75) is 13.8 Å². The Balaban J connectivity index is 2.60. The Morgan fingerprint density at radius 1 is 1.07 bits per heavy atom. The SMILES string of the molecule is Cc1ccc(-c2ccncc2N)c(C)c1. The molecule has 1 heterocycles. The van der Waals surface area contributed by atoms with E-state index in [1.165, 1.54) is 16.7 Å². The van der Waals surface area contributed by atoms with E-state index in [4.69, 9.17) is 5.73 Å². The van der Waals surface area contributed by atoms with Gasteiger partial charge in [0.25, 0.3) is 0 Å². The topological polar surface area (TPSA) is 38.9 Å². The molecule has 2 heteroatoms. The highest BCUT2D eigenvalue weighted by atomic mass is 14.7. The van der Waals surface area contributed by atoms with E-state index in [9.17, 15) is 0 Å². The zero-order chi connectivity index (χ0) is 10.8. The summed E-state index contributed by atoms with van der Waals surface area (Å²) in [5.74, 6) is 0. The van der Waals surface area contributed by atoms with Crippen LogP contribution in [0.1, 0.15) is 11.1 Å². The van der Waals surface area contributed by atoms with Gasteiger partial charge in [-0.15, -0.1) is 0 Å². The Kier molecular flexibility index (Phi) is 2.42. The molecule has 0 fully saturated rings. The lowest BCUT2D eigenvalue weighted by Gasteiger charge is -2.09. The number of hydrogen-bond donors (Lipinski definition) is 1. The molecule has 0 aliphatic carbocycles. The Hall–Kier alpha value is -1.83. The molecule has 15 heavy (non-hydrogen) atoms. The summed E-state index contributed by atoms with van der Waals surface area (Å²) in [6.45, 7) is 4.19. The fraction of sp³-hybridized carbons (Fsp3) is 0.154. The summed E-state index contributed by atoms with van der Waals surface area (Å²) < 4.78 is 0. The van der Waals surface area contributed by atoms with Gasteiger partial charge in [-0.2, -0.15) is 0 Å². The number of hydrogen-bond acceptors (Lipinski definition) is 2. The fourth-order valence-corrected chi connectivity index (χ4v) is 1.77. The van der Waals surface area contributed by atoms with Gasteiger partial charge in [-0.3, -0.25) is 4.98 Å². The molecule has 0 aliphatic heterocycles. The number of nitrogens with zero attached hydrogens (tertiary/aromatic N) is 1. The second kappa shape index (κ2) is 3.73. The molecule has 76 valence electrons. The van der Waals surface area contributed by atoms with Crippen LogP contribution in [0.4, 0.5) is 5.69 Å². The summed E-state index contributed by atoms with van der Waals surface area (Å²) >= 11 is 0. The van der Waals surface area contributed by atoms with Crippen molar-refractivity contribution in [3.8, 4) is 11.1 Å². The number of anilines is 1. The third-order valence-electron chi connectivity index (χ3n) is 2.52. The normalized spacial score (nSPS) is 10.3. The number of rotatable bonds is 1. The number of nitrogen functional groups attached to an aromatic ring is 1. The van der Waals surface area contributed by atoms with Crippen LogP contribution in [0.15, 0.2) is 36.7 Å². The quantitative estimate of drug-likeness (QED) is 0.765. The summed E-state index contributed by atoms with van der Waals surface area (Å²) in [5, 5.41) is 0. The van der Waals surface area contributed by atoms with Crippen LogP contribution < -0.4 is 5.73 Å². The number of aromatic nitrogens is 1. The molecule has 0 saturated heterocycles. The first-order valence-corrected chi connectivity index (χ1v) is 4.95. The van der Waals surface area contributed by atoms with E-state index in [1.54, 1.807) is 12.4 Å². The third kappa shape index (κ3) is 1.84. The molecule has 0 bridgehead atoms. The van der Waals surface area contributed by atoms with E-state index >= 15 is 0 Å². The maximum Gasteiger partial charge on any atom is 0.0580 e. The first kappa shape index (κ1) is 9.71. The van der Waals surface area contributed by atoms with Crippen molar-refractivity contribution >= 4 is 5.69 Å². The van der Waals surface area contributed by atoms with Gasteiger partial charge in [0.1, 0.15) is 0 Å².